The number of halogens is 1. The number of amides is 2. The molecule has 9 heteroatoms. The quantitative estimate of drug-likeness (QED) is 0.405. The maximum Gasteiger partial charge on any atom is 0.312 e. The number of ether oxygens (including phenoxy) is 2. The van der Waals surface area contributed by atoms with Crippen molar-refractivity contribution in [2.75, 3.05) is 13.2 Å². The average Bonchev–Trinajstić information content (AvgIpc) is 3.34. The van der Waals surface area contributed by atoms with E-state index in [1.54, 1.807) is 6.92 Å². The summed E-state index contributed by atoms with van der Waals surface area (Å²) in [6.07, 6.45) is 5.64. The maximum absolute atomic E-state index is 13.7. The lowest BCUT2D eigenvalue weighted by atomic mass is 9.70. The van der Waals surface area contributed by atoms with E-state index in [0.717, 1.165) is 25.7 Å². The molecule has 4 fully saturated rings. The first-order valence-corrected chi connectivity index (χ1v) is 12.5. The van der Waals surface area contributed by atoms with Crippen molar-refractivity contribution in [1.29, 1.82) is 0 Å². The number of aliphatic hydroxyl groups excluding tert-OH is 1. The van der Waals surface area contributed by atoms with Gasteiger partial charge in [0, 0.05) is 10.9 Å². The highest BCUT2D eigenvalue weighted by Crippen LogP contribution is 2.60. The van der Waals surface area contributed by atoms with Crippen LogP contribution in [-0.2, 0) is 23.9 Å². The maximum atomic E-state index is 13.7. The van der Waals surface area contributed by atoms with Crippen molar-refractivity contribution in [2.45, 2.75) is 93.5 Å². The van der Waals surface area contributed by atoms with Gasteiger partial charge in [-0.2, -0.15) is 0 Å². The van der Waals surface area contributed by atoms with Crippen molar-refractivity contribution < 1.29 is 29.0 Å². The number of alkyl halides is 1. The van der Waals surface area contributed by atoms with Crippen molar-refractivity contribution in [3.63, 3.8) is 0 Å². The number of esters is 1. The lowest BCUT2D eigenvalue weighted by Crippen LogP contribution is -2.59. The summed E-state index contributed by atoms with van der Waals surface area (Å²) in [6.45, 7) is 3.58. The van der Waals surface area contributed by atoms with E-state index in [1.807, 2.05) is 6.92 Å². The van der Waals surface area contributed by atoms with Crippen molar-refractivity contribution in [3.8, 4) is 0 Å². The van der Waals surface area contributed by atoms with Crippen LogP contribution in [0.1, 0.15) is 58.8 Å². The summed E-state index contributed by atoms with van der Waals surface area (Å²) in [5.74, 6) is -2.50. The van der Waals surface area contributed by atoms with Crippen molar-refractivity contribution >= 4 is 33.7 Å². The molecule has 31 heavy (non-hydrogen) atoms. The minimum atomic E-state index is -1.09. The number of fused-ring (bicyclic) bond motifs is 1. The topological polar surface area (TPSA) is 105 Å². The zero-order chi connectivity index (χ0) is 22.3. The Morgan fingerprint density at radius 2 is 2.03 bits per heavy atom. The van der Waals surface area contributed by atoms with Gasteiger partial charge < -0.3 is 24.8 Å². The minimum Gasteiger partial charge on any atom is -0.466 e. The molecule has 3 saturated heterocycles. The predicted octanol–water partition coefficient (Wildman–Crippen LogP) is 1.52. The monoisotopic (exact) mass is 500 g/mol. The smallest absolute Gasteiger partial charge is 0.312 e. The molecule has 4 aliphatic rings. The number of carbonyl (C=O) groups excluding carboxylic acids is 3. The molecule has 0 aromatic rings. The van der Waals surface area contributed by atoms with Crippen molar-refractivity contribution in [2.24, 2.45) is 11.8 Å². The van der Waals surface area contributed by atoms with E-state index in [1.165, 1.54) is 11.3 Å². The fraction of sp³-hybridized carbons (Fsp3) is 0.864. The lowest BCUT2D eigenvalue weighted by Gasteiger charge is -2.37. The van der Waals surface area contributed by atoms with Gasteiger partial charge in [-0.3, -0.25) is 14.4 Å². The number of nitrogens with zero attached hydrogens (tertiary/aromatic N) is 1. The van der Waals surface area contributed by atoms with Gasteiger partial charge in [0.05, 0.1) is 37.2 Å². The fourth-order valence-corrected chi connectivity index (χ4v) is 7.15. The molecule has 1 unspecified atom stereocenters. The third-order valence-electron chi connectivity index (χ3n) is 7.56. The van der Waals surface area contributed by atoms with Crippen molar-refractivity contribution in [1.82, 2.24) is 10.2 Å². The molecule has 1 aliphatic carbocycles. The van der Waals surface area contributed by atoms with Crippen LogP contribution in [0.3, 0.4) is 0 Å². The van der Waals surface area contributed by atoms with E-state index in [2.05, 4.69) is 21.2 Å². The number of aliphatic hydroxyl groups is 1. The molecular weight excluding hydrogens is 468 g/mol. The summed E-state index contributed by atoms with van der Waals surface area (Å²) in [6, 6.07) is -1.29. The lowest BCUT2D eigenvalue weighted by molar-refractivity contribution is -0.155. The molecular formula is C22H33BrN2O6. The Morgan fingerprint density at radius 1 is 1.32 bits per heavy atom. The van der Waals surface area contributed by atoms with Gasteiger partial charge in [0.25, 0.3) is 0 Å². The SMILES string of the molecule is CCOC(=O)[C@@H]1[C@H]2O[C@@]3(CC2Br)[C@H](C(=O)NC2CCCCC2)N([C@@H](CC)CO)C(=O)[C@@H]13. The van der Waals surface area contributed by atoms with Crippen LogP contribution in [0.25, 0.3) is 0 Å². The number of hydrogen-bond acceptors (Lipinski definition) is 6. The highest BCUT2D eigenvalue weighted by molar-refractivity contribution is 9.09. The normalized spacial score (nSPS) is 38.3. The number of carbonyl (C=O) groups is 3. The van der Waals surface area contributed by atoms with Crippen LogP contribution in [0, 0.1) is 11.8 Å². The van der Waals surface area contributed by atoms with Gasteiger partial charge in [-0.15, -0.1) is 0 Å². The first-order chi connectivity index (χ1) is 14.9. The summed E-state index contributed by atoms with van der Waals surface area (Å²) in [5.41, 5.74) is -1.09. The second-order valence-corrected chi connectivity index (χ2v) is 10.4. The van der Waals surface area contributed by atoms with E-state index in [4.69, 9.17) is 9.47 Å². The molecule has 2 amide bonds. The summed E-state index contributed by atoms with van der Waals surface area (Å²) >= 11 is 3.63. The predicted molar refractivity (Wildman–Crippen MR) is 115 cm³/mol. The molecule has 3 aliphatic heterocycles. The second kappa shape index (κ2) is 8.98. The van der Waals surface area contributed by atoms with Gasteiger partial charge in [0.2, 0.25) is 11.8 Å². The van der Waals surface area contributed by atoms with Gasteiger partial charge in [-0.25, -0.2) is 0 Å². The highest BCUT2D eigenvalue weighted by Gasteiger charge is 2.77. The molecule has 3 heterocycles. The Bertz CT molecular complexity index is 725. The summed E-state index contributed by atoms with van der Waals surface area (Å²) in [4.78, 5) is 41.5. The molecule has 7 atom stereocenters. The van der Waals surface area contributed by atoms with Crippen molar-refractivity contribution in [3.05, 3.63) is 0 Å². The first-order valence-electron chi connectivity index (χ1n) is 11.6. The number of rotatable bonds is 7. The molecule has 174 valence electrons. The van der Waals surface area contributed by atoms with Gasteiger partial charge >= 0.3 is 5.97 Å². The van der Waals surface area contributed by atoms with Crippen LogP contribution < -0.4 is 5.32 Å². The van der Waals surface area contributed by atoms with Gasteiger partial charge in [0.1, 0.15) is 11.6 Å². The molecule has 8 nitrogen and oxygen atoms in total. The Labute approximate surface area is 191 Å². The van der Waals surface area contributed by atoms with E-state index in [9.17, 15) is 19.5 Å². The van der Waals surface area contributed by atoms with Crippen LogP contribution in [0.15, 0.2) is 0 Å². The third-order valence-corrected chi connectivity index (χ3v) is 8.41. The molecule has 4 rings (SSSR count). The molecule has 2 N–H and O–H groups in total. The summed E-state index contributed by atoms with van der Waals surface area (Å²) < 4.78 is 11.7. The Hall–Kier alpha value is -1.19. The average molecular weight is 501 g/mol. The van der Waals surface area contributed by atoms with Crippen LogP contribution >= 0.6 is 15.9 Å². The first kappa shape index (κ1) is 23.0. The van der Waals surface area contributed by atoms with E-state index >= 15 is 0 Å². The number of likely N-dealkylation sites (tertiary alicyclic amines) is 1. The van der Waals surface area contributed by atoms with Crippen LogP contribution in [0.4, 0.5) is 0 Å². The number of nitrogens with one attached hydrogen (secondary N) is 1. The second-order valence-electron chi connectivity index (χ2n) is 9.25. The fourth-order valence-electron chi connectivity index (χ4n) is 6.21. The summed E-state index contributed by atoms with van der Waals surface area (Å²) in [7, 11) is 0. The molecule has 1 spiro atoms. The highest BCUT2D eigenvalue weighted by atomic mass is 79.9. The van der Waals surface area contributed by atoms with Crippen LogP contribution in [0.5, 0.6) is 0 Å². The largest absolute Gasteiger partial charge is 0.466 e. The Morgan fingerprint density at radius 3 is 2.65 bits per heavy atom. The van der Waals surface area contributed by atoms with Gasteiger partial charge in [-0.1, -0.05) is 42.1 Å². The molecule has 2 bridgehead atoms. The number of hydrogen-bond donors (Lipinski definition) is 2. The zero-order valence-electron chi connectivity index (χ0n) is 18.2. The minimum absolute atomic E-state index is 0.0853. The van der Waals surface area contributed by atoms with Crippen LogP contribution in [-0.4, -0.2) is 75.7 Å². The standard InChI is InChI=1S/C22H33BrN2O6/c1-3-13(11-26)25-18(19(27)24-12-8-6-5-7-9-12)22-10-14(23)17(31-22)15(16(22)20(25)28)21(29)30-4-2/h12-18,26H,3-11H2,1-2H3,(H,24,27)/t13-,14?,15-,16+,17-,18-,22+/m0/s1. The Kier molecular flexibility index (Phi) is 6.66. The van der Waals surface area contributed by atoms with E-state index < -0.39 is 41.6 Å². The van der Waals surface area contributed by atoms with Gasteiger partial charge in [-0.05, 0) is 32.6 Å². The third kappa shape index (κ3) is 3.60. The Balaban J connectivity index is 1.71. The molecule has 0 radical (unpaired) electrons. The molecule has 0 aromatic carbocycles. The van der Waals surface area contributed by atoms with Crippen LogP contribution in [0.2, 0.25) is 0 Å². The van der Waals surface area contributed by atoms with Gasteiger partial charge in [0.15, 0.2) is 0 Å². The molecule has 1 saturated carbocycles. The summed E-state index contributed by atoms with van der Waals surface area (Å²) in [5, 5.41) is 13.2. The molecule has 0 aromatic heterocycles. The zero-order valence-corrected chi connectivity index (χ0v) is 19.8. The van der Waals surface area contributed by atoms with E-state index in [-0.39, 0.29) is 35.9 Å². The van der Waals surface area contributed by atoms with E-state index in [0.29, 0.717) is 12.8 Å².